The number of carbonyl (C=O) groups excluding carboxylic acids is 2. The number of esters is 2. The van der Waals surface area contributed by atoms with Gasteiger partial charge in [-0.25, -0.2) is 0 Å². The second-order valence-electron chi connectivity index (χ2n) is 2.95. The van der Waals surface area contributed by atoms with Gasteiger partial charge in [0.1, 0.15) is 0 Å². The van der Waals surface area contributed by atoms with E-state index in [-0.39, 0.29) is 13.2 Å². The van der Waals surface area contributed by atoms with Crippen molar-refractivity contribution in [3.05, 3.63) is 22.4 Å². The molecule has 0 spiro atoms. The minimum atomic E-state index is -0.945. The monoisotopic (exact) mass is 242 g/mol. The summed E-state index contributed by atoms with van der Waals surface area (Å²) in [6.45, 7) is 3.91. The summed E-state index contributed by atoms with van der Waals surface area (Å²) in [7, 11) is 0. The molecule has 0 saturated heterocycles. The Balaban J connectivity index is 2.85. The van der Waals surface area contributed by atoms with Crippen LogP contribution < -0.4 is 0 Å². The molecule has 0 N–H and O–H groups in total. The van der Waals surface area contributed by atoms with Gasteiger partial charge in [-0.15, -0.1) is 11.3 Å². The molecule has 0 fully saturated rings. The van der Waals surface area contributed by atoms with Crippen LogP contribution in [-0.2, 0) is 19.1 Å². The fraction of sp³-hybridized carbons (Fsp3) is 0.455. The van der Waals surface area contributed by atoms with Gasteiger partial charge in [0.2, 0.25) is 0 Å². The Labute approximate surface area is 98.2 Å². The molecule has 0 amide bonds. The third kappa shape index (κ3) is 3.06. The molecular formula is C11H14O4S. The lowest BCUT2D eigenvalue weighted by Crippen LogP contribution is -2.25. The minimum Gasteiger partial charge on any atom is -0.465 e. The van der Waals surface area contributed by atoms with Crippen LogP contribution in [0.5, 0.6) is 0 Å². The van der Waals surface area contributed by atoms with Gasteiger partial charge in [-0.2, -0.15) is 0 Å². The summed E-state index contributed by atoms with van der Waals surface area (Å²) < 4.78 is 9.72. The van der Waals surface area contributed by atoms with E-state index >= 15 is 0 Å². The van der Waals surface area contributed by atoms with Gasteiger partial charge in [-0.1, -0.05) is 6.07 Å². The van der Waals surface area contributed by atoms with Crippen LogP contribution in [0, 0.1) is 0 Å². The smallest absolute Gasteiger partial charge is 0.325 e. The highest BCUT2D eigenvalue weighted by Crippen LogP contribution is 2.24. The number of ether oxygens (including phenoxy) is 2. The maximum atomic E-state index is 11.6. The lowest BCUT2D eigenvalue weighted by molar-refractivity contribution is -0.156. The predicted octanol–water partition coefficient (Wildman–Crippen LogP) is 1.96. The van der Waals surface area contributed by atoms with Crippen LogP contribution in [0.4, 0.5) is 0 Å². The van der Waals surface area contributed by atoms with Crippen molar-refractivity contribution in [3.63, 3.8) is 0 Å². The highest BCUT2D eigenvalue weighted by Gasteiger charge is 2.32. The van der Waals surface area contributed by atoms with E-state index in [9.17, 15) is 9.59 Å². The summed E-state index contributed by atoms with van der Waals surface area (Å²) in [4.78, 5) is 23.9. The van der Waals surface area contributed by atoms with Crippen molar-refractivity contribution < 1.29 is 19.1 Å². The van der Waals surface area contributed by atoms with Gasteiger partial charge in [0.05, 0.1) is 13.2 Å². The van der Waals surface area contributed by atoms with E-state index in [1.54, 1.807) is 31.4 Å². The number of hydrogen-bond donors (Lipinski definition) is 0. The van der Waals surface area contributed by atoms with Crippen LogP contribution in [0.15, 0.2) is 17.5 Å². The van der Waals surface area contributed by atoms with Gasteiger partial charge in [-0.05, 0) is 25.3 Å². The van der Waals surface area contributed by atoms with Crippen molar-refractivity contribution in [1.82, 2.24) is 0 Å². The molecule has 0 aliphatic carbocycles. The van der Waals surface area contributed by atoms with Crippen molar-refractivity contribution in [2.45, 2.75) is 19.8 Å². The molecule has 0 radical (unpaired) electrons. The molecule has 0 atom stereocenters. The number of carbonyl (C=O) groups is 2. The van der Waals surface area contributed by atoms with Gasteiger partial charge >= 0.3 is 11.9 Å². The lowest BCUT2D eigenvalue weighted by atomic mass is 10.1. The van der Waals surface area contributed by atoms with E-state index in [1.165, 1.54) is 11.3 Å². The first-order valence-electron chi connectivity index (χ1n) is 5.07. The summed E-state index contributed by atoms with van der Waals surface area (Å²) in [6.07, 6.45) is 0. The Morgan fingerprint density at radius 2 is 1.81 bits per heavy atom. The zero-order chi connectivity index (χ0) is 12.0. The Morgan fingerprint density at radius 3 is 2.19 bits per heavy atom. The Bertz CT molecular complexity index is 327. The van der Waals surface area contributed by atoms with Crippen LogP contribution in [-0.4, -0.2) is 25.2 Å². The molecule has 0 saturated carbocycles. The molecule has 1 aromatic heterocycles. The Kier molecular flexibility index (Phi) is 4.98. The van der Waals surface area contributed by atoms with E-state index < -0.39 is 17.9 Å². The topological polar surface area (TPSA) is 52.6 Å². The molecular weight excluding hydrogens is 228 g/mol. The molecule has 1 rings (SSSR count). The second kappa shape index (κ2) is 6.27. The first-order chi connectivity index (χ1) is 7.70. The first kappa shape index (κ1) is 12.7. The molecule has 1 heterocycles. The molecule has 16 heavy (non-hydrogen) atoms. The maximum Gasteiger partial charge on any atom is 0.325 e. The van der Waals surface area contributed by atoms with Crippen molar-refractivity contribution in [3.8, 4) is 0 Å². The summed E-state index contributed by atoms with van der Waals surface area (Å²) in [5.74, 6) is -2.05. The summed E-state index contributed by atoms with van der Waals surface area (Å²) in [5, 5.41) is 1.81. The third-order valence-corrected chi connectivity index (χ3v) is 2.81. The average Bonchev–Trinajstić information content (AvgIpc) is 2.72. The highest BCUT2D eigenvalue weighted by atomic mass is 32.1. The van der Waals surface area contributed by atoms with E-state index in [2.05, 4.69) is 0 Å². The lowest BCUT2D eigenvalue weighted by Gasteiger charge is -2.12. The SMILES string of the molecule is CCOC(=O)C(C(=O)OCC)c1cccs1. The van der Waals surface area contributed by atoms with Gasteiger partial charge in [0, 0.05) is 4.88 Å². The Morgan fingerprint density at radius 1 is 1.25 bits per heavy atom. The maximum absolute atomic E-state index is 11.6. The summed E-state index contributed by atoms with van der Waals surface area (Å²) >= 11 is 1.34. The van der Waals surface area contributed by atoms with Gasteiger partial charge in [0.15, 0.2) is 5.92 Å². The molecule has 0 unspecified atom stereocenters. The Hall–Kier alpha value is -1.36. The van der Waals surface area contributed by atoms with E-state index in [0.717, 1.165) is 0 Å². The molecule has 0 aliphatic heterocycles. The predicted molar refractivity (Wildman–Crippen MR) is 60.3 cm³/mol. The normalized spacial score (nSPS) is 10.2. The van der Waals surface area contributed by atoms with Crippen molar-refractivity contribution in [2.24, 2.45) is 0 Å². The number of hydrogen-bond acceptors (Lipinski definition) is 5. The van der Waals surface area contributed by atoms with Crippen LogP contribution in [0.3, 0.4) is 0 Å². The quantitative estimate of drug-likeness (QED) is 0.585. The van der Waals surface area contributed by atoms with Crippen LogP contribution in [0.1, 0.15) is 24.6 Å². The van der Waals surface area contributed by atoms with E-state index in [4.69, 9.17) is 9.47 Å². The zero-order valence-electron chi connectivity index (χ0n) is 9.26. The third-order valence-electron chi connectivity index (χ3n) is 1.87. The fourth-order valence-electron chi connectivity index (χ4n) is 1.24. The molecule has 0 bridgehead atoms. The molecule has 0 aromatic carbocycles. The molecule has 5 heteroatoms. The summed E-state index contributed by atoms with van der Waals surface area (Å²) in [6, 6.07) is 3.51. The van der Waals surface area contributed by atoms with Gasteiger partial charge in [-0.3, -0.25) is 9.59 Å². The van der Waals surface area contributed by atoms with Crippen molar-refractivity contribution in [2.75, 3.05) is 13.2 Å². The highest BCUT2D eigenvalue weighted by molar-refractivity contribution is 7.10. The van der Waals surface area contributed by atoms with Crippen molar-refractivity contribution in [1.29, 1.82) is 0 Å². The number of thiophene rings is 1. The summed E-state index contributed by atoms with van der Waals surface area (Å²) in [5.41, 5.74) is 0. The molecule has 0 aliphatic rings. The minimum absolute atomic E-state index is 0.250. The van der Waals surface area contributed by atoms with Crippen molar-refractivity contribution >= 4 is 23.3 Å². The molecule has 1 aromatic rings. The first-order valence-corrected chi connectivity index (χ1v) is 5.95. The molecule has 4 nitrogen and oxygen atoms in total. The average molecular weight is 242 g/mol. The van der Waals surface area contributed by atoms with Crippen LogP contribution >= 0.6 is 11.3 Å². The largest absolute Gasteiger partial charge is 0.465 e. The fourth-order valence-corrected chi connectivity index (χ4v) is 2.04. The standard InChI is InChI=1S/C11H14O4S/c1-3-14-10(12)9(11(13)15-4-2)8-6-5-7-16-8/h5-7,9H,3-4H2,1-2H3. The van der Waals surface area contributed by atoms with E-state index in [0.29, 0.717) is 4.88 Å². The van der Waals surface area contributed by atoms with Crippen LogP contribution in [0.25, 0.3) is 0 Å². The zero-order valence-corrected chi connectivity index (χ0v) is 10.1. The number of rotatable bonds is 5. The van der Waals surface area contributed by atoms with Crippen LogP contribution in [0.2, 0.25) is 0 Å². The second-order valence-corrected chi connectivity index (χ2v) is 3.93. The van der Waals surface area contributed by atoms with E-state index in [1.807, 2.05) is 0 Å². The van der Waals surface area contributed by atoms with Gasteiger partial charge in [0.25, 0.3) is 0 Å². The molecule has 88 valence electrons. The van der Waals surface area contributed by atoms with Gasteiger partial charge < -0.3 is 9.47 Å².